The zero-order chi connectivity index (χ0) is 15.7. The van der Waals surface area contributed by atoms with Crippen molar-refractivity contribution in [3.8, 4) is 16.9 Å². The molecule has 2 N–H and O–H groups in total. The number of hydrogen-bond donors (Lipinski definition) is 2. The lowest BCUT2D eigenvalue weighted by atomic mass is 10.0. The monoisotopic (exact) mass is 304 g/mol. The van der Waals surface area contributed by atoms with E-state index in [1.807, 2.05) is 0 Å². The van der Waals surface area contributed by atoms with Crippen LogP contribution < -0.4 is 4.65 Å². The molecule has 3 nitrogen and oxygen atoms in total. The van der Waals surface area contributed by atoms with E-state index in [1.54, 1.807) is 0 Å². The van der Waals surface area contributed by atoms with Crippen molar-refractivity contribution >= 4 is 7.32 Å². The molecule has 0 fully saturated rings. The first kappa shape index (κ1) is 15.3. The van der Waals surface area contributed by atoms with E-state index in [0.29, 0.717) is 0 Å². The number of rotatable bonds is 3. The lowest BCUT2D eigenvalue weighted by Crippen LogP contribution is -2.21. The molecule has 0 unspecified atom stereocenters. The first-order chi connectivity index (χ1) is 9.84. The van der Waals surface area contributed by atoms with Gasteiger partial charge in [-0.05, 0) is 6.07 Å². The van der Waals surface area contributed by atoms with Crippen LogP contribution in [0.15, 0.2) is 24.3 Å². The van der Waals surface area contributed by atoms with E-state index in [0.717, 1.165) is 12.1 Å². The molecule has 21 heavy (non-hydrogen) atoms. The van der Waals surface area contributed by atoms with Crippen molar-refractivity contribution in [2.45, 2.75) is 0 Å². The van der Waals surface area contributed by atoms with E-state index in [1.165, 1.54) is 12.1 Å². The molecule has 0 spiro atoms. The first-order valence-corrected chi connectivity index (χ1v) is 5.48. The fourth-order valence-corrected chi connectivity index (χ4v) is 1.73. The maximum absolute atomic E-state index is 13.7. The van der Waals surface area contributed by atoms with Crippen LogP contribution in [0.1, 0.15) is 0 Å². The van der Waals surface area contributed by atoms with Crippen LogP contribution in [-0.4, -0.2) is 17.4 Å². The second-order valence-electron chi connectivity index (χ2n) is 3.89. The molecule has 0 aliphatic heterocycles. The highest BCUT2D eigenvalue weighted by Gasteiger charge is 2.28. The third-order valence-electron chi connectivity index (χ3n) is 2.60. The van der Waals surface area contributed by atoms with E-state index in [9.17, 15) is 22.0 Å². The lowest BCUT2D eigenvalue weighted by Gasteiger charge is -2.13. The molecule has 0 bridgehead atoms. The summed E-state index contributed by atoms with van der Waals surface area (Å²) >= 11 is 0. The van der Waals surface area contributed by atoms with E-state index in [-0.39, 0.29) is 0 Å². The Bertz CT molecular complexity index is 664. The molecule has 2 rings (SSSR count). The predicted octanol–water partition coefficient (Wildman–Crippen LogP) is 2.40. The topological polar surface area (TPSA) is 49.7 Å². The number of para-hydroxylation sites is 1. The SMILES string of the molecule is OB(O)Oc1ccccc1-c1c(F)c(F)c(F)c(F)c1F. The highest BCUT2D eigenvalue weighted by molar-refractivity contribution is 6.34. The molecule has 0 radical (unpaired) electrons. The normalized spacial score (nSPS) is 10.6. The summed E-state index contributed by atoms with van der Waals surface area (Å²) in [4.78, 5) is 0. The summed E-state index contributed by atoms with van der Waals surface area (Å²) < 4.78 is 71.2. The smallest absolute Gasteiger partial charge is 0.512 e. The minimum absolute atomic E-state index is 0.462. The Balaban J connectivity index is 2.74. The Hall–Kier alpha value is -2.13. The van der Waals surface area contributed by atoms with Gasteiger partial charge in [-0.25, -0.2) is 22.0 Å². The van der Waals surface area contributed by atoms with E-state index in [4.69, 9.17) is 10.0 Å². The number of benzene rings is 2. The van der Waals surface area contributed by atoms with Gasteiger partial charge in [0.15, 0.2) is 23.3 Å². The summed E-state index contributed by atoms with van der Waals surface area (Å²) in [5.74, 6) is -11.1. The number of halogens is 5. The Morgan fingerprint density at radius 1 is 0.762 bits per heavy atom. The molecule has 0 saturated heterocycles. The molecule has 0 amide bonds. The van der Waals surface area contributed by atoms with Gasteiger partial charge in [0.05, 0.1) is 5.56 Å². The van der Waals surface area contributed by atoms with Crippen molar-refractivity contribution in [1.82, 2.24) is 0 Å². The van der Waals surface area contributed by atoms with Crippen LogP contribution in [0.4, 0.5) is 22.0 Å². The van der Waals surface area contributed by atoms with Crippen LogP contribution in [0, 0.1) is 29.1 Å². The van der Waals surface area contributed by atoms with Crippen LogP contribution in [0.3, 0.4) is 0 Å². The predicted molar refractivity (Wildman–Crippen MR) is 62.5 cm³/mol. The van der Waals surface area contributed by atoms with Crippen LogP contribution >= 0.6 is 0 Å². The Morgan fingerprint density at radius 3 is 1.76 bits per heavy atom. The summed E-state index contributed by atoms with van der Waals surface area (Å²) in [6.45, 7) is 0. The van der Waals surface area contributed by atoms with Crippen LogP contribution in [0.5, 0.6) is 5.75 Å². The highest BCUT2D eigenvalue weighted by atomic mass is 19.2. The van der Waals surface area contributed by atoms with Crippen molar-refractivity contribution in [2.24, 2.45) is 0 Å². The van der Waals surface area contributed by atoms with Gasteiger partial charge < -0.3 is 14.7 Å². The maximum atomic E-state index is 13.7. The largest absolute Gasteiger partial charge is 0.707 e. The molecule has 0 aliphatic carbocycles. The summed E-state index contributed by atoms with van der Waals surface area (Å²) in [5, 5.41) is 17.4. The molecule has 9 heteroatoms. The van der Waals surface area contributed by atoms with Crippen LogP contribution in [0.2, 0.25) is 0 Å². The average molecular weight is 304 g/mol. The van der Waals surface area contributed by atoms with Gasteiger partial charge in [0, 0.05) is 5.56 Å². The van der Waals surface area contributed by atoms with Gasteiger partial charge in [-0.15, -0.1) is 0 Å². The van der Waals surface area contributed by atoms with Crippen molar-refractivity contribution in [2.75, 3.05) is 0 Å². The molecule has 0 saturated carbocycles. The van der Waals surface area contributed by atoms with Gasteiger partial charge in [0.25, 0.3) is 0 Å². The summed E-state index contributed by atoms with van der Waals surface area (Å²) in [7, 11) is -2.33. The molecule has 0 atom stereocenters. The third kappa shape index (κ3) is 2.70. The third-order valence-corrected chi connectivity index (χ3v) is 2.60. The zero-order valence-electron chi connectivity index (χ0n) is 10.1. The van der Waals surface area contributed by atoms with Gasteiger partial charge in [0.2, 0.25) is 5.82 Å². The van der Waals surface area contributed by atoms with Crippen molar-refractivity contribution in [3.05, 3.63) is 53.4 Å². The van der Waals surface area contributed by atoms with E-state index < -0.39 is 53.3 Å². The van der Waals surface area contributed by atoms with E-state index in [2.05, 4.69) is 4.65 Å². The summed E-state index contributed by atoms with van der Waals surface area (Å²) in [6, 6.07) is 4.65. The van der Waals surface area contributed by atoms with Crippen LogP contribution in [0.25, 0.3) is 11.1 Å². The molecule has 110 valence electrons. The molecule has 0 aliphatic rings. The zero-order valence-corrected chi connectivity index (χ0v) is 10.1. The second kappa shape index (κ2) is 5.70. The minimum Gasteiger partial charge on any atom is -0.512 e. The average Bonchev–Trinajstić information content (AvgIpc) is 2.44. The van der Waals surface area contributed by atoms with Crippen LogP contribution in [-0.2, 0) is 0 Å². The Kier molecular flexibility index (Phi) is 4.15. The maximum Gasteiger partial charge on any atom is 0.707 e. The quantitative estimate of drug-likeness (QED) is 0.396. The summed E-state index contributed by atoms with van der Waals surface area (Å²) in [5.41, 5.74) is -1.74. The second-order valence-corrected chi connectivity index (χ2v) is 3.89. The fourth-order valence-electron chi connectivity index (χ4n) is 1.73. The summed E-state index contributed by atoms with van der Waals surface area (Å²) in [6.07, 6.45) is 0. The van der Waals surface area contributed by atoms with Crippen molar-refractivity contribution in [1.29, 1.82) is 0 Å². The van der Waals surface area contributed by atoms with Crippen molar-refractivity contribution < 1.29 is 36.7 Å². The molecular weight excluding hydrogens is 298 g/mol. The minimum atomic E-state index is -2.33. The highest BCUT2D eigenvalue weighted by Crippen LogP contribution is 2.36. The Labute approximate surface area is 115 Å². The lowest BCUT2D eigenvalue weighted by molar-refractivity contribution is 0.288. The van der Waals surface area contributed by atoms with Gasteiger partial charge >= 0.3 is 7.32 Å². The van der Waals surface area contributed by atoms with Gasteiger partial charge in [-0.2, -0.15) is 0 Å². The van der Waals surface area contributed by atoms with Crippen molar-refractivity contribution in [3.63, 3.8) is 0 Å². The first-order valence-electron chi connectivity index (χ1n) is 5.48. The standard InChI is InChI=1S/C12H6BF5O3/c14-8-7(9(15)11(17)12(18)10(8)16)5-3-1-2-4-6(5)21-13(19)20/h1-4,19-20H. The number of hydrogen-bond acceptors (Lipinski definition) is 3. The van der Waals surface area contributed by atoms with Gasteiger partial charge in [0.1, 0.15) is 5.75 Å². The molecule has 0 aromatic heterocycles. The van der Waals surface area contributed by atoms with E-state index >= 15 is 0 Å². The van der Waals surface area contributed by atoms with Gasteiger partial charge in [-0.3, -0.25) is 0 Å². The van der Waals surface area contributed by atoms with Gasteiger partial charge in [-0.1, -0.05) is 18.2 Å². The molecule has 0 heterocycles. The fraction of sp³-hybridized carbons (Fsp3) is 0. The Morgan fingerprint density at radius 2 is 1.24 bits per heavy atom. The molecular formula is C12H6BF5O3. The molecule has 2 aromatic carbocycles. The molecule has 2 aromatic rings.